The molecule has 2 saturated carbocycles. The molecule has 6 atom stereocenters. The number of likely N-dealkylation sites (tertiary alicyclic amines) is 1. The smallest absolute Gasteiger partial charge is 0.254 e. The predicted molar refractivity (Wildman–Crippen MR) is 308 cm³/mol. The van der Waals surface area contributed by atoms with Crippen LogP contribution >= 0.6 is 11.3 Å². The van der Waals surface area contributed by atoms with Crippen LogP contribution in [0.3, 0.4) is 0 Å². The summed E-state index contributed by atoms with van der Waals surface area (Å²) in [6.07, 6.45) is 11.2. The number of piperazine rings is 1. The van der Waals surface area contributed by atoms with E-state index in [4.69, 9.17) is 24.5 Å². The molecular formula is C60H76N12O8S. The van der Waals surface area contributed by atoms with E-state index in [2.05, 4.69) is 76.3 Å². The Labute approximate surface area is 477 Å². The Balaban J connectivity index is 0.614. The van der Waals surface area contributed by atoms with Crippen molar-refractivity contribution in [2.45, 2.75) is 166 Å². The summed E-state index contributed by atoms with van der Waals surface area (Å²) in [5.41, 5.74) is 13.9. The van der Waals surface area contributed by atoms with E-state index < -0.39 is 18.1 Å². The number of amides is 2. The third kappa shape index (κ3) is 12.3. The number of nitrogen functional groups attached to an aromatic ring is 1. The van der Waals surface area contributed by atoms with Crippen molar-refractivity contribution in [3.63, 3.8) is 0 Å². The summed E-state index contributed by atoms with van der Waals surface area (Å²) < 4.78 is 25.1. The molecule has 2 amide bonds. The first-order valence-electron chi connectivity index (χ1n) is 28.9. The maximum Gasteiger partial charge on any atom is 0.254 e. The number of ether oxygens (including phenoxy) is 3. The van der Waals surface area contributed by atoms with Gasteiger partial charge in [-0.25, -0.2) is 9.97 Å². The van der Waals surface area contributed by atoms with Crippen molar-refractivity contribution in [1.82, 2.24) is 45.4 Å². The van der Waals surface area contributed by atoms with Crippen LogP contribution in [-0.4, -0.2) is 150 Å². The van der Waals surface area contributed by atoms with Crippen LogP contribution in [0.5, 0.6) is 17.5 Å². The summed E-state index contributed by atoms with van der Waals surface area (Å²) in [6.45, 7) is 14.8. The molecule has 3 saturated heterocycles. The molecule has 81 heavy (non-hydrogen) atoms. The van der Waals surface area contributed by atoms with Crippen molar-refractivity contribution >= 4 is 40.3 Å². The van der Waals surface area contributed by atoms with Crippen LogP contribution in [0.4, 0.5) is 17.2 Å². The van der Waals surface area contributed by atoms with Crippen molar-refractivity contribution < 1.29 is 38.5 Å². The van der Waals surface area contributed by atoms with Gasteiger partial charge in [-0.1, -0.05) is 32.0 Å². The normalized spacial score (nSPS) is 24.4. The Morgan fingerprint density at radius 3 is 2.35 bits per heavy atom. The lowest BCUT2D eigenvalue weighted by Gasteiger charge is -2.43. The van der Waals surface area contributed by atoms with E-state index in [0.29, 0.717) is 59.8 Å². The highest BCUT2D eigenvalue weighted by Crippen LogP contribution is 2.41. The lowest BCUT2D eigenvalue weighted by Crippen LogP contribution is -2.54. The molecule has 20 nitrogen and oxygen atoms in total. The van der Waals surface area contributed by atoms with Gasteiger partial charge in [0.25, 0.3) is 5.88 Å². The molecule has 5 aromatic heterocycles. The lowest BCUT2D eigenvalue weighted by molar-refractivity contribution is -0.141. The van der Waals surface area contributed by atoms with Gasteiger partial charge in [-0.3, -0.25) is 19.5 Å². The van der Waals surface area contributed by atoms with Crippen LogP contribution in [0.2, 0.25) is 0 Å². The van der Waals surface area contributed by atoms with Crippen molar-refractivity contribution in [2.75, 3.05) is 48.3 Å². The second-order valence-corrected chi connectivity index (χ2v) is 24.2. The van der Waals surface area contributed by atoms with Crippen molar-refractivity contribution in [1.29, 1.82) is 0 Å². The number of nitrogens with one attached hydrogen (secondary N) is 1. The van der Waals surface area contributed by atoms with Gasteiger partial charge in [-0.2, -0.15) is 0 Å². The maximum absolute atomic E-state index is 14.3. The molecule has 2 bridgehead atoms. The average molecular weight is 1130 g/mol. The fourth-order valence-electron chi connectivity index (χ4n) is 12.9. The molecule has 5 aliphatic rings. The highest BCUT2D eigenvalue weighted by atomic mass is 32.1. The third-order valence-corrected chi connectivity index (χ3v) is 18.1. The van der Waals surface area contributed by atoms with Gasteiger partial charge in [0.15, 0.2) is 11.6 Å². The number of aromatic nitrogens is 6. The number of aromatic hydroxyl groups is 1. The van der Waals surface area contributed by atoms with Crippen molar-refractivity contribution in [2.24, 2.45) is 5.92 Å². The molecule has 6 aromatic rings. The van der Waals surface area contributed by atoms with Gasteiger partial charge in [-0.05, 0) is 113 Å². The second kappa shape index (κ2) is 24.3. The zero-order valence-electron chi connectivity index (χ0n) is 47.1. The quantitative estimate of drug-likeness (QED) is 0.0564. The number of benzene rings is 1. The highest BCUT2D eigenvalue weighted by Gasteiger charge is 2.45. The molecule has 0 radical (unpaired) electrons. The summed E-state index contributed by atoms with van der Waals surface area (Å²) in [5.74, 6) is 0.281. The summed E-state index contributed by atoms with van der Waals surface area (Å²) in [4.78, 5) is 51.5. The number of fused-ring (bicyclic) bond motifs is 2. The van der Waals surface area contributed by atoms with Crippen molar-refractivity contribution in [3.8, 4) is 39.3 Å². The van der Waals surface area contributed by atoms with Crippen LogP contribution < -0.4 is 30.3 Å². The zero-order chi connectivity index (χ0) is 56.5. The van der Waals surface area contributed by atoms with E-state index >= 15 is 0 Å². The van der Waals surface area contributed by atoms with Crippen LogP contribution in [-0.2, 0) is 14.3 Å². The number of thiazole rings is 1. The van der Waals surface area contributed by atoms with E-state index in [0.717, 1.165) is 97.7 Å². The number of carbonyl (C=O) groups excluding carboxylic acids is 2. The molecule has 8 heterocycles. The molecule has 430 valence electrons. The maximum atomic E-state index is 14.3. The number of aliphatic hydroxyl groups excluding tert-OH is 1. The van der Waals surface area contributed by atoms with Gasteiger partial charge in [0.1, 0.15) is 30.4 Å². The van der Waals surface area contributed by atoms with E-state index in [1.807, 2.05) is 64.2 Å². The minimum atomic E-state index is -0.853. The number of aliphatic hydroxyl groups is 1. The van der Waals surface area contributed by atoms with Gasteiger partial charge < -0.3 is 54.7 Å². The number of rotatable bonds is 20. The molecule has 11 rings (SSSR count). The van der Waals surface area contributed by atoms with E-state index in [1.165, 1.54) is 16.2 Å². The van der Waals surface area contributed by atoms with Gasteiger partial charge in [-0.15, -0.1) is 21.5 Å². The SMILES string of the molecule is Cc1ncsc1-c1ccc([C@H](C)NC(=O)[C@@H]2C[C@@H](O)CN2C(=O)[C@@H](c2cc(OCCN(C(C)C)C3CCC(OC4CC(Oc5cc(N6C7CC[C@@H]6CN(c6cc(-c8ccccc8O)nnc6N)C7)ccn5)C4)CC3)no2)C(C)C)cn1. The standard InChI is InChI=1S/C60H76N12O8S/c1-34(2)56(60(76)71-32-43(73)24-51(71)59(75)65-36(5)38-11-18-48(63-29-38)57-37(6)64-33-81-57)53-28-55(68-80-53)77-22-21-70(35(3)4)39-14-16-44(17-15-39)78-45-25-46(26-45)79-54-23-40(19-20-62-54)72-41-12-13-42(72)31-69(30-41)50-27-49(66-67-58(50)61)47-9-7-8-10-52(47)74/h7-11,18-20,23,27-29,33-36,39,41-46,51,56,73-74H,12-17,21-22,24-26,30-32H2,1-6H3,(H2,61,67)(H,65,75)/t36-,39?,41+,42?,43+,44?,45?,46?,51-,56+/m0/s1. The number of anilines is 3. The Morgan fingerprint density at radius 1 is 0.864 bits per heavy atom. The summed E-state index contributed by atoms with van der Waals surface area (Å²) in [5, 5.41) is 37.1. The third-order valence-electron chi connectivity index (χ3n) is 17.2. The van der Waals surface area contributed by atoms with E-state index in [1.54, 1.807) is 29.9 Å². The minimum absolute atomic E-state index is 0.0399. The molecule has 21 heteroatoms. The number of phenolic OH excluding ortho intramolecular Hbond substituents is 1. The van der Waals surface area contributed by atoms with Crippen molar-refractivity contribution in [3.05, 3.63) is 95.6 Å². The summed E-state index contributed by atoms with van der Waals surface area (Å²) in [6, 6.07) is 18.8. The van der Waals surface area contributed by atoms with Gasteiger partial charge in [0, 0.05) is 105 Å². The summed E-state index contributed by atoms with van der Waals surface area (Å²) >= 11 is 1.53. The monoisotopic (exact) mass is 1120 g/mol. The largest absolute Gasteiger partial charge is 0.507 e. The molecule has 5 N–H and O–H groups in total. The number of hydrogen-bond acceptors (Lipinski definition) is 19. The Hall–Kier alpha value is -6.94. The number of para-hydroxylation sites is 1. The molecule has 3 aliphatic heterocycles. The number of aryl methyl sites for hydroxylation is 1. The van der Waals surface area contributed by atoms with E-state index in [-0.39, 0.29) is 72.9 Å². The number of β-amino-alcohol motifs (C(OH)–C–C–N with tert-alkyl or cyclic N) is 1. The molecule has 0 spiro atoms. The first kappa shape index (κ1) is 55.9. The highest BCUT2D eigenvalue weighted by molar-refractivity contribution is 7.13. The molecule has 1 unspecified atom stereocenters. The number of carbonyl (C=O) groups is 2. The zero-order valence-corrected chi connectivity index (χ0v) is 48.0. The Morgan fingerprint density at radius 2 is 1.64 bits per heavy atom. The van der Waals surface area contributed by atoms with Crippen LogP contribution in [0.1, 0.15) is 121 Å². The summed E-state index contributed by atoms with van der Waals surface area (Å²) in [7, 11) is 0. The molecular weight excluding hydrogens is 1050 g/mol. The second-order valence-electron chi connectivity index (χ2n) is 23.3. The first-order chi connectivity index (χ1) is 39.1. The number of phenols is 1. The molecule has 5 fully saturated rings. The first-order valence-corrected chi connectivity index (χ1v) is 29.7. The molecule has 1 aromatic carbocycles. The van der Waals surface area contributed by atoms with Gasteiger partial charge in [0.2, 0.25) is 17.7 Å². The topological polar surface area (TPSA) is 244 Å². The van der Waals surface area contributed by atoms with Crippen LogP contribution in [0.25, 0.3) is 21.8 Å². The average Bonchev–Trinajstić information content (AvgIpc) is 4.48. The predicted octanol–water partition coefficient (Wildman–Crippen LogP) is 8.10. The number of nitrogens with zero attached hydrogens (tertiary/aromatic N) is 10. The van der Waals surface area contributed by atoms with Gasteiger partial charge >= 0.3 is 0 Å². The van der Waals surface area contributed by atoms with Crippen LogP contribution in [0.15, 0.2) is 83.1 Å². The van der Waals surface area contributed by atoms with Crippen LogP contribution in [0, 0.1) is 12.8 Å². The van der Waals surface area contributed by atoms with E-state index in [9.17, 15) is 19.8 Å². The fourth-order valence-corrected chi connectivity index (χ4v) is 13.6. The number of nitrogens with two attached hydrogens (primary N) is 1. The number of hydrogen-bond donors (Lipinski definition) is 4. The lowest BCUT2D eigenvalue weighted by atomic mass is 9.88. The number of pyridine rings is 2. The minimum Gasteiger partial charge on any atom is -0.507 e. The Kier molecular flexibility index (Phi) is 16.8. The Bertz CT molecular complexity index is 3110. The fraction of sp³-hybridized carbons (Fsp3) is 0.533. The van der Waals surface area contributed by atoms with Gasteiger partial charge in [0.05, 0.1) is 57.5 Å². The molecule has 2 aliphatic carbocycles.